The summed E-state index contributed by atoms with van der Waals surface area (Å²) in [6.07, 6.45) is 7.99. The van der Waals surface area contributed by atoms with Crippen LogP contribution in [0.1, 0.15) is 51.9 Å². The number of carbonyl (C=O) groups is 1. The summed E-state index contributed by atoms with van der Waals surface area (Å²) in [4.78, 5) is 14.5. The SMILES string of the molecule is CC1(C(=O)N2CCC[C@@H](N)C2)CCCCC1. The molecule has 2 aliphatic rings. The highest BCUT2D eigenvalue weighted by molar-refractivity contribution is 5.82. The molecule has 1 aliphatic carbocycles. The minimum atomic E-state index is -0.0880. The molecule has 1 atom stereocenters. The Hall–Kier alpha value is -0.570. The van der Waals surface area contributed by atoms with Crippen molar-refractivity contribution in [1.82, 2.24) is 4.90 Å². The van der Waals surface area contributed by atoms with Gasteiger partial charge in [-0.15, -0.1) is 0 Å². The number of hydrogen-bond donors (Lipinski definition) is 1. The van der Waals surface area contributed by atoms with E-state index in [4.69, 9.17) is 5.73 Å². The summed E-state index contributed by atoms with van der Waals surface area (Å²) >= 11 is 0. The van der Waals surface area contributed by atoms with E-state index in [0.717, 1.165) is 38.8 Å². The number of piperidine rings is 1. The van der Waals surface area contributed by atoms with Gasteiger partial charge in [-0.3, -0.25) is 4.79 Å². The molecule has 3 heteroatoms. The van der Waals surface area contributed by atoms with Crippen LogP contribution >= 0.6 is 0 Å². The third kappa shape index (κ3) is 2.40. The van der Waals surface area contributed by atoms with Gasteiger partial charge in [0.2, 0.25) is 5.91 Å². The van der Waals surface area contributed by atoms with E-state index in [1.165, 1.54) is 19.3 Å². The van der Waals surface area contributed by atoms with Crippen LogP contribution in [0.5, 0.6) is 0 Å². The molecule has 1 aliphatic heterocycles. The van der Waals surface area contributed by atoms with Gasteiger partial charge in [-0.2, -0.15) is 0 Å². The molecular weight excluding hydrogens is 200 g/mol. The highest BCUT2D eigenvalue weighted by atomic mass is 16.2. The molecule has 92 valence electrons. The van der Waals surface area contributed by atoms with E-state index in [1.807, 2.05) is 4.90 Å². The van der Waals surface area contributed by atoms with Crippen molar-refractivity contribution in [2.75, 3.05) is 13.1 Å². The van der Waals surface area contributed by atoms with Crippen LogP contribution in [0.3, 0.4) is 0 Å². The molecule has 3 nitrogen and oxygen atoms in total. The summed E-state index contributed by atoms with van der Waals surface area (Å²) in [7, 11) is 0. The number of amides is 1. The fourth-order valence-electron chi connectivity index (χ4n) is 3.12. The second-order valence-electron chi connectivity index (χ2n) is 5.77. The molecule has 1 amide bonds. The van der Waals surface area contributed by atoms with Gasteiger partial charge in [-0.1, -0.05) is 26.2 Å². The van der Waals surface area contributed by atoms with Crippen molar-refractivity contribution in [3.63, 3.8) is 0 Å². The van der Waals surface area contributed by atoms with Gasteiger partial charge in [0.25, 0.3) is 0 Å². The zero-order valence-electron chi connectivity index (χ0n) is 10.4. The quantitative estimate of drug-likeness (QED) is 0.739. The molecule has 16 heavy (non-hydrogen) atoms. The Morgan fingerprint density at radius 3 is 2.56 bits per heavy atom. The third-order valence-corrected chi connectivity index (χ3v) is 4.22. The van der Waals surface area contributed by atoms with Gasteiger partial charge in [0.05, 0.1) is 0 Å². The fourth-order valence-corrected chi connectivity index (χ4v) is 3.12. The van der Waals surface area contributed by atoms with Gasteiger partial charge < -0.3 is 10.6 Å². The van der Waals surface area contributed by atoms with Crippen molar-refractivity contribution < 1.29 is 4.79 Å². The molecule has 2 fully saturated rings. The number of likely N-dealkylation sites (tertiary alicyclic amines) is 1. The zero-order chi connectivity index (χ0) is 11.6. The van der Waals surface area contributed by atoms with E-state index in [2.05, 4.69) is 6.92 Å². The third-order valence-electron chi connectivity index (χ3n) is 4.22. The number of rotatable bonds is 1. The highest BCUT2D eigenvalue weighted by Gasteiger charge is 2.38. The van der Waals surface area contributed by atoms with E-state index in [9.17, 15) is 4.79 Å². The smallest absolute Gasteiger partial charge is 0.228 e. The summed E-state index contributed by atoms with van der Waals surface area (Å²) in [5.74, 6) is 0.363. The van der Waals surface area contributed by atoms with E-state index in [0.29, 0.717) is 5.91 Å². The first-order valence-electron chi connectivity index (χ1n) is 6.67. The summed E-state index contributed by atoms with van der Waals surface area (Å²) in [5.41, 5.74) is 5.85. The largest absolute Gasteiger partial charge is 0.341 e. The number of nitrogens with zero attached hydrogens (tertiary/aromatic N) is 1. The van der Waals surface area contributed by atoms with Gasteiger partial charge in [-0.25, -0.2) is 0 Å². The fraction of sp³-hybridized carbons (Fsp3) is 0.923. The minimum Gasteiger partial charge on any atom is -0.341 e. The molecule has 0 bridgehead atoms. The molecule has 2 N–H and O–H groups in total. The van der Waals surface area contributed by atoms with Crippen molar-refractivity contribution in [2.24, 2.45) is 11.1 Å². The summed E-state index contributed by atoms with van der Waals surface area (Å²) in [6, 6.07) is 0.199. The first-order valence-corrected chi connectivity index (χ1v) is 6.67. The Kier molecular flexibility index (Phi) is 3.53. The molecule has 0 spiro atoms. The topological polar surface area (TPSA) is 46.3 Å². The normalized spacial score (nSPS) is 30.1. The summed E-state index contributed by atoms with van der Waals surface area (Å²) < 4.78 is 0. The maximum absolute atomic E-state index is 12.5. The van der Waals surface area contributed by atoms with Crippen LogP contribution < -0.4 is 5.73 Å². The van der Waals surface area contributed by atoms with E-state index < -0.39 is 0 Å². The molecule has 1 heterocycles. The lowest BCUT2D eigenvalue weighted by molar-refractivity contribution is -0.144. The van der Waals surface area contributed by atoms with Gasteiger partial charge in [-0.05, 0) is 25.7 Å². The van der Waals surface area contributed by atoms with Crippen LogP contribution in [0.4, 0.5) is 0 Å². The zero-order valence-corrected chi connectivity index (χ0v) is 10.4. The first-order chi connectivity index (χ1) is 7.62. The van der Waals surface area contributed by atoms with Crippen LogP contribution in [0.25, 0.3) is 0 Å². The lowest BCUT2D eigenvalue weighted by atomic mass is 9.74. The van der Waals surface area contributed by atoms with Gasteiger partial charge in [0.1, 0.15) is 0 Å². The average molecular weight is 224 g/mol. The van der Waals surface area contributed by atoms with Crippen molar-refractivity contribution in [3.8, 4) is 0 Å². The predicted octanol–water partition coefficient (Wildman–Crippen LogP) is 1.91. The Bertz CT molecular complexity index is 259. The Balaban J connectivity index is 1.99. The van der Waals surface area contributed by atoms with Crippen LogP contribution in [0, 0.1) is 5.41 Å². The van der Waals surface area contributed by atoms with Crippen molar-refractivity contribution >= 4 is 5.91 Å². The van der Waals surface area contributed by atoms with Gasteiger partial charge >= 0.3 is 0 Å². The molecule has 0 unspecified atom stereocenters. The molecule has 0 aromatic rings. The molecule has 1 saturated carbocycles. The summed E-state index contributed by atoms with van der Waals surface area (Å²) in [5, 5.41) is 0. The average Bonchev–Trinajstić information content (AvgIpc) is 2.29. The van der Waals surface area contributed by atoms with Crippen LogP contribution in [0.2, 0.25) is 0 Å². The minimum absolute atomic E-state index is 0.0880. The molecular formula is C13H24N2O. The standard InChI is InChI=1S/C13H24N2O/c1-13(7-3-2-4-8-13)12(16)15-9-5-6-11(14)10-15/h11H,2-10,14H2,1H3/t11-/m1/s1. The monoisotopic (exact) mass is 224 g/mol. The van der Waals surface area contributed by atoms with Crippen LogP contribution in [-0.2, 0) is 4.79 Å². The van der Waals surface area contributed by atoms with E-state index in [-0.39, 0.29) is 11.5 Å². The molecule has 2 rings (SSSR count). The molecule has 0 radical (unpaired) electrons. The van der Waals surface area contributed by atoms with Crippen molar-refractivity contribution in [1.29, 1.82) is 0 Å². The first kappa shape index (κ1) is 11.9. The Morgan fingerprint density at radius 1 is 1.25 bits per heavy atom. The number of carbonyl (C=O) groups excluding carboxylic acids is 1. The van der Waals surface area contributed by atoms with Gasteiger partial charge in [0, 0.05) is 24.5 Å². The molecule has 1 saturated heterocycles. The highest BCUT2D eigenvalue weighted by Crippen LogP contribution is 2.37. The molecule has 0 aromatic carbocycles. The second kappa shape index (κ2) is 4.74. The van der Waals surface area contributed by atoms with E-state index >= 15 is 0 Å². The lowest BCUT2D eigenvalue weighted by Gasteiger charge is -2.40. The Morgan fingerprint density at radius 2 is 1.94 bits per heavy atom. The second-order valence-corrected chi connectivity index (χ2v) is 5.77. The molecule has 0 aromatic heterocycles. The number of hydrogen-bond acceptors (Lipinski definition) is 2. The van der Waals surface area contributed by atoms with Crippen molar-refractivity contribution in [2.45, 2.75) is 57.9 Å². The van der Waals surface area contributed by atoms with E-state index in [1.54, 1.807) is 0 Å². The van der Waals surface area contributed by atoms with Crippen molar-refractivity contribution in [3.05, 3.63) is 0 Å². The maximum Gasteiger partial charge on any atom is 0.228 e. The summed E-state index contributed by atoms with van der Waals surface area (Å²) in [6.45, 7) is 3.84. The predicted molar refractivity (Wildman–Crippen MR) is 65.0 cm³/mol. The Labute approximate surface area is 98.4 Å². The maximum atomic E-state index is 12.5. The number of nitrogens with two attached hydrogens (primary N) is 1. The van der Waals surface area contributed by atoms with Crippen LogP contribution in [0.15, 0.2) is 0 Å². The van der Waals surface area contributed by atoms with Gasteiger partial charge in [0.15, 0.2) is 0 Å². The van der Waals surface area contributed by atoms with Crippen LogP contribution in [-0.4, -0.2) is 29.9 Å². The lowest BCUT2D eigenvalue weighted by Crippen LogP contribution is -2.51.